The van der Waals surface area contributed by atoms with Crippen LogP contribution in [0.15, 0.2) is 65.6 Å². The van der Waals surface area contributed by atoms with Crippen LogP contribution in [-0.2, 0) is 19.6 Å². The molecule has 3 aromatic carbocycles. The van der Waals surface area contributed by atoms with E-state index in [2.05, 4.69) is 5.32 Å². The maximum atomic E-state index is 13.6. The minimum absolute atomic E-state index is 0.0707. The molecule has 0 unspecified atom stereocenters. The molecule has 0 aliphatic heterocycles. The van der Waals surface area contributed by atoms with Crippen LogP contribution in [0.3, 0.4) is 0 Å². The molecular weight excluding hydrogens is 491 g/mol. The van der Waals surface area contributed by atoms with Gasteiger partial charge in [0.05, 0.1) is 37.5 Å². The monoisotopic (exact) mass is 516 g/mol. The van der Waals surface area contributed by atoms with Gasteiger partial charge in [0, 0.05) is 11.8 Å². The van der Waals surface area contributed by atoms with Gasteiger partial charge < -0.3 is 19.5 Å². The fourth-order valence-corrected chi connectivity index (χ4v) is 4.89. The van der Waals surface area contributed by atoms with Gasteiger partial charge in [-0.05, 0) is 61.0 Å². The first-order valence-corrected chi connectivity index (χ1v) is 12.0. The number of methoxy groups -OCH3 is 3. The molecular formula is C25H25FN2O7S. The lowest BCUT2D eigenvalue weighted by molar-refractivity contribution is -0.114. The highest BCUT2D eigenvalue weighted by atomic mass is 32.2. The molecule has 1 N–H and O–H groups in total. The van der Waals surface area contributed by atoms with Crippen LogP contribution in [0.5, 0.6) is 11.5 Å². The minimum atomic E-state index is -4.31. The van der Waals surface area contributed by atoms with E-state index in [-0.39, 0.29) is 21.9 Å². The topological polar surface area (TPSA) is 111 Å². The molecule has 0 fully saturated rings. The van der Waals surface area contributed by atoms with E-state index < -0.39 is 34.3 Å². The largest absolute Gasteiger partial charge is 0.493 e. The third kappa shape index (κ3) is 5.57. The maximum Gasteiger partial charge on any atom is 0.338 e. The van der Waals surface area contributed by atoms with Crippen molar-refractivity contribution >= 4 is 33.3 Å². The Morgan fingerprint density at radius 3 is 2.22 bits per heavy atom. The molecule has 0 aromatic heterocycles. The molecule has 11 heteroatoms. The van der Waals surface area contributed by atoms with Crippen LogP contribution < -0.4 is 19.1 Å². The molecule has 0 radical (unpaired) electrons. The number of rotatable bonds is 9. The van der Waals surface area contributed by atoms with Gasteiger partial charge in [-0.25, -0.2) is 17.6 Å². The summed E-state index contributed by atoms with van der Waals surface area (Å²) in [6, 6.07) is 13.4. The normalized spacial score (nSPS) is 10.9. The van der Waals surface area contributed by atoms with Crippen LogP contribution in [-0.4, -0.2) is 48.2 Å². The average Bonchev–Trinajstić information content (AvgIpc) is 2.88. The Balaban J connectivity index is 1.99. The van der Waals surface area contributed by atoms with Gasteiger partial charge in [0.15, 0.2) is 11.5 Å². The molecule has 0 heterocycles. The fraction of sp³-hybridized carbons (Fsp3) is 0.200. The highest BCUT2D eigenvalue weighted by Gasteiger charge is 2.29. The number of carbonyl (C=O) groups excluding carboxylic acids is 2. The molecule has 0 saturated heterocycles. The third-order valence-electron chi connectivity index (χ3n) is 5.36. The molecule has 3 aromatic rings. The van der Waals surface area contributed by atoms with Crippen molar-refractivity contribution in [3.05, 3.63) is 77.6 Å². The fourth-order valence-electron chi connectivity index (χ4n) is 3.45. The first kappa shape index (κ1) is 26.5. The Bertz CT molecular complexity index is 1380. The predicted octanol–water partition coefficient (Wildman–Crippen LogP) is 3.77. The van der Waals surface area contributed by atoms with Crippen molar-refractivity contribution in [2.75, 3.05) is 37.5 Å². The van der Waals surface area contributed by atoms with Crippen molar-refractivity contribution in [3.63, 3.8) is 0 Å². The van der Waals surface area contributed by atoms with E-state index in [0.717, 1.165) is 16.4 Å². The molecule has 36 heavy (non-hydrogen) atoms. The first-order chi connectivity index (χ1) is 17.1. The Labute approximate surface area is 208 Å². The van der Waals surface area contributed by atoms with Crippen LogP contribution in [0.4, 0.5) is 15.8 Å². The van der Waals surface area contributed by atoms with E-state index in [0.29, 0.717) is 17.0 Å². The van der Waals surface area contributed by atoms with Crippen molar-refractivity contribution in [1.82, 2.24) is 0 Å². The number of nitrogens with zero attached hydrogens (tertiary/aromatic N) is 1. The quantitative estimate of drug-likeness (QED) is 0.431. The zero-order valence-electron chi connectivity index (χ0n) is 20.1. The minimum Gasteiger partial charge on any atom is -0.493 e. The zero-order valence-corrected chi connectivity index (χ0v) is 20.9. The summed E-state index contributed by atoms with van der Waals surface area (Å²) >= 11 is 0. The van der Waals surface area contributed by atoms with E-state index in [1.54, 1.807) is 25.1 Å². The maximum absolute atomic E-state index is 13.6. The zero-order chi connectivity index (χ0) is 26.5. The van der Waals surface area contributed by atoms with Crippen LogP contribution in [0, 0.1) is 12.7 Å². The molecule has 190 valence electrons. The summed E-state index contributed by atoms with van der Waals surface area (Å²) in [5.74, 6) is -1.33. The van der Waals surface area contributed by atoms with Gasteiger partial charge in [0.2, 0.25) is 5.91 Å². The molecule has 0 spiro atoms. The van der Waals surface area contributed by atoms with Crippen LogP contribution in [0.25, 0.3) is 0 Å². The highest BCUT2D eigenvalue weighted by molar-refractivity contribution is 7.92. The van der Waals surface area contributed by atoms with Gasteiger partial charge in [-0.3, -0.25) is 9.10 Å². The van der Waals surface area contributed by atoms with Crippen molar-refractivity contribution < 1.29 is 36.6 Å². The van der Waals surface area contributed by atoms with E-state index in [9.17, 15) is 22.4 Å². The smallest absolute Gasteiger partial charge is 0.338 e. The summed E-state index contributed by atoms with van der Waals surface area (Å²) < 4.78 is 56.8. The number of ether oxygens (including phenoxy) is 3. The number of amides is 1. The van der Waals surface area contributed by atoms with E-state index in [4.69, 9.17) is 14.2 Å². The highest BCUT2D eigenvalue weighted by Crippen LogP contribution is 2.32. The number of halogens is 1. The number of carbonyl (C=O) groups is 2. The van der Waals surface area contributed by atoms with Crippen LogP contribution in [0.2, 0.25) is 0 Å². The second-order valence-electron chi connectivity index (χ2n) is 7.52. The molecule has 1 amide bonds. The number of esters is 1. The lowest BCUT2D eigenvalue weighted by atomic mass is 10.1. The summed E-state index contributed by atoms with van der Waals surface area (Å²) in [6.45, 7) is 0.990. The van der Waals surface area contributed by atoms with Gasteiger partial charge in [-0.15, -0.1) is 0 Å². The van der Waals surface area contributed by atoms with Crippen molar-refractivity contribution in [3.8, 4) is 11.5 Å². The van der Waals surface area contributed by atoms with Crippen LogP contribution >= 0.6 is 0 Å². The molecule has 0 aliphatic rings. The molecule has 0 aliphatic carbocycles. The summed E-state index contributed by atoms with van der Waals surface area (Å²) in [6.07, 6.45) is 0. The number of nitrogens with one attached hydrogen (secondary N) is 1. The molecule has 0 saturated carbocycles. The Kier molecular flexibility index (Phi) is 8.15. The van der Waals surface area contributed by atoms with E-state index in [1.165, 1.54) is 51.7 Å². The Morgan fingerprint density at radius 2 is 1.61 bits per heavy atom. The third-order valence-corrected chi connectivity index (χ3v) is 7.13. The number of hydrogen-bond donors (Lipinski definition) is 1. The summed E-state index contributed by atoms with van der Waals surface area (Å²) in [4.78, 5) is 24.8. The lowest BCUT2D eigenvalue weighted by Crippen LogP contribution is -2.38. The SMILES string of the molecule is COC(=O)c1cccc(NC(=O)CN(c2ccc(F)cc2)S(=O)(=O)c2ccc(OC)c(OC)c2)c1C. The van der Waals surface area contributed by atoms with E-state index >= 15 is 0 Å². The summed E-state index contributed by atoms with van der Waals surface area (Å²) in [7, 11) is -0.284. The van der Waals surface area contributed by atoms with Crippen molar-refractivity contribution in [2.24, 2.45) is 0 Å². The van der Waals surface area contributed by atoms with Crippen LogP contribution in [0.1, 0.15) is 15.9 Å². The van der Waals surface area contributed by atoms with Crippen molar-refractivity contribution in [1.29, 1.82) is 0 Å². The number of sulfonamides is 1. The summed E-state index contributed by atoms with van der Waals surface area (Å²) in [5, 5.41) is 2.63. The van der Waals surface area contributed by atoms with Gasteiger partial charge in [0.1, 0.15) is 12.4 Å². The van der Waals surface area contributed by atoms with E-state index in [1.807, 2.05) is 0 Å². The number of hydrogen-bond acceptors (Lipinski definition) is 7. The Morgan fingerprint density at radius 1 is 0.944 bits per heavy atom. The average molecular weight is 517 g/mol. The van der Waals surface area contributed by atoms with Gasteiger partial charge in [-0.2, -0.15) is 0 Å². The molecule has 0 bridgehead atoms. The molecule has 9 nitrogen and oxygen atoms in total. The number of anilines is 2. The second-order valence-corrected chi connectivity index (χ2v) is 9.39. The van der Waals surface area contributed by atoms with Gasteiger partial charge in [-0.1, -0.05) is 6.07 Å². The first-order valence-electron chi connectivity index (χ1n) is 10.6. The van der Waals surface area contributed by atoms with Gasteiger partial charge in [0.25, 0.3) is 10.0 Å². The summed E-state index contributed by atoms with van der Waals surface area (Å²) in [5.41, 5.74) is 1.09. The number of benzene rings is 3. The second kappa shape index (κ2) is 11.1. The Hall–Kier alpha value is -4.12. The van der Waals surface area contributed by atoms with Gasteiger partial charge >= 0.3 is 5.97 Å². The molecule has 3 rings (SSSR count). The predicted molar refractivity (Wildman–Crippen MR) is 132 cm³/mol. The van der Waals surface area contributed by atoms with Crippen molar-refractivity contribution in [2.45, 2.75) is 11.8 Å². The lowest BCUT2D eigenvalue weighted by Gasteiger charge is -2.25. The molecule has 0 atom stereocenters. The standard InChI is InChI=1S/C25H25FN2O7S/c1-16-20(25(30)35-4)6-5-7-21(16)27-24(29)15-28(18-10-8-17(26)9-11-18)36(31,32)19-12-13-22(33-2)23(14-19)34-3/h5-14H,15H2,1-4H3,(H,27,29).